The second-order valence-corrected chi connectivity index (χ2v) is 9.09. The highest BCUT2D eigenvalue weighted by Crippen LogP contribution is 2.34. The first-order valence-electron chi connectivity index (χ1n) is 9.83. The molecule has 0 fully saturated rings. The first-order chi connectivity index (χ1) is 15.3. The summed E-state index contributed by atoms with van der Waals surface area (Å²) in [6.45, 7) is 0.358. The standard InChI is InChI=1S/C24H18FN3O3S/c25-18-9-5-15(6-10-18)14-28-22-12-8-17(13-21(22)24(29)27-28)20-11-7-16-3-1-2-4-19(16)23(20)32(26,30)31/h1-13H,14H2,(H,27,29)(H2,26,30,31). The molecule has 3 N–H and O–H groups in total. The molecule has 160 valence electrons. The van der Waals surface area contributed by atoms with Crippen molar-refractivity contribution in [3.8, 4) is 11.1 Å². The summed E-state index contributed by atoms with van der Waals surface area (Å²) in [5.41, 5.74) is 2.17. The van der Waals surface area contributed by atoms with Crippen molar-refractivity contribution < 1.29 is 12.8 Å². The van der Waals surface area contributed by atoms with E-state index in [2.05, 4.69) is 5.10 Å². The number of rotatable bonds is 4. The van der Waals surface area contributed by atoms with Crippen LogP contribution in [0.4, 0.5) is 4.39 Å². The predicted octanol–water partition coefficient (Wildman–Crippen LogP) is 3.98. The number of hydrogen-bond acceptors (Lipinski definition) is 3. The van der Waals surface area contributed by atoms with E-state index in [0.29, 0.717) is 34.0 Å². The zero-order chi connectivity index (χ0) is 22.5. The number of halogens is 1. The third-order valence-electron chi connectivity index (χ3n) is 5.50. The number of primary sulfonamides is 1. The molecule has 1 heterocycles. The highest BCUT2D eigenvalue weighted by atomic mass is 32.2. The predicted molar refractivity (Wildman–Crippen MR) is 122 cm³/mol. The minimum Gasteiger partial charge on any atom is -0.280 e. The van der Waals surface area contributed by atoms with Crippen LogP contribution >= 0.6 is 0 Å². The van der Waals surface area contributed by atoms with E-state index < -0.39 is 10.0 Å². The lowest BCUT2D eigenvalue weighted by Gasteiger charge is -2.12. The molecule has 0 aliphatic carbocycles. The van der Waals surface area contributed by atoms with Crippen molar-refractivity contribution in [3.05, 3.63) is 101 Å². The van der Waals surface area contributed by atoms with E-state index in [-0.39, 0.29) is 16.3 Å². The zero-order valence-corrected chi connectivity index (χ0v) is 17.6. The fraction of sp³-hybridized carbons (Fsp3) is 0.0417. The normalized spacial score (nSPS) is 11.9. The molecule has 0 saturated heterocycles. The number of aromatic amines is 1. The van der Waals surface area contributed by atoms with Crippen molar-refractivity contribution >= 4 is 31.7 Å². The van der Waals surface area contributed by atoms with Gasteiger partial charge in [-0.25, -0.2) is 17.9 Å². The maximum atomic E-state index is 13.2. The van der Waals surface area contributed by atoms with Gasteiger partial charge >= 0.3 is 0 Å². The molecule has 0 aliphatic heterocycles. The summed E-state index contributed by atoms with van der Waals surface area (Å²) in [5.74, 6) is -0.328. The maximum Gasteiger partial charge on any atom is 0.272 e. The molecule has 5 aromatic rings. The Morgan fingerprint density at radius 2 is 1.66 bits per heavy atom. The summed E-state index contributed by atoms with van der Waals surface area (Å²) >= 11 is 0. The molecule has 32 heavy (non-hydrogen) atoms. The van der Waals surface area contributed by atoms with Gasteiger partial charge in [0.15, 0.2) is 0 Å². The van der Waals surface area contributed by atoms with Gasteiger partial charge in [-0.2, -0.15) is 0 Å². The number of fused-ring (bicyclic) bond motifs is 2. The lowest BCUT2D eigenvalue weighted by molar-refractivity contribution is 0.599. The molecule has 4 aromatic carbocycles. The van der Waals surface area contributed by atoms with E-state index in [9.17, 15) is 17.6 Å². The fourth-order valence-electron chi connectivity index (χ4n) is 4.04. The summed E-state index contributed by atoms with van der Waals surface area (Å²) in [5, 5.41) is 10.1. The van der Waals surface area contributed by atoms with Crippen LogP contribution in [0.3, 0.4) is 0 Å². The molecule has 0 saturated carbocycles. The van der Waals surface area contributed by atoms with Crippen molar-refractivity contribution in [1.29, 1.82) is 0 Å². The Labute approximate surface area is 182 Å². The van der Waals surface area contributed by atoms with E-state index in [4.69, 9.17) is 5.14 Å². The Bertz CT molecular complexity index is 1650. The van der Waals surface area contributed by atoms with Crippen LogP contribution in [0.1, 0.15) is 5.56 Å². The second kappa shape index (κ2) is 7.44. The van der Waals surface area contributed by atoms with Gasteiger partial charge in [-0.3, -0.25) is 14.6 Å². The van der Waals surface area contributed by atoms with Crippen LogP contribution in [-0.4, -0.2) is 18.2 Å². The molecule has 0 bridgehead atoms. The number of H-pyrrole nitrogens is 1. The number of nitrogens with two attached hydrogens (primary N) is 1. The molecule has 0 radical (unpaired) electrons. The lowest BCUT2D eigenvalue weighted by atomic mass is 10.00. The highest BCUT2D eigenvalue weighted by Gasteiger charge is 2.20. The van der Waals surface area contributed by atoms with Crippen LogP contribution < -0.4 is 10.7 Å². The van der Waals surface area contributed by atoms with Crippen LogP contribution in [0.2, 0.25) is 0 Å². The molecule has 5 rings (SSSR count). The molecule has 0 spiro atoms. The molecule has 1 aromatic heterocycles. The van der Waals surface area contributed by atoms with Gasteiger partial charge in [0.05, 0.1) is 22.3 Å². The third kappa shape index (κ3) is 3.49. The Morgan fingerprint density at radius 1 is 0.906 bits per heavy atom. The van der Waals surface area contributed by atoms with E-state index in [0.717, 1.165) is 10.9 Å². The Kier molecular flexibility index (Phi) is 4.69. The summed E-state index contributed by atoms with van der Waals surface area (Å²) in [6, 6.07) is 21.9. The molecule has 0 amide bonds. The number of nitrogens with zero attached hydrogens (tertiary/aromatic N) is 1. The first-order valence-corrected chi connectivity index (χ1v) is 11.4. The van der Waals surface area contributed by atoms with Gasteiger partial charge in [0.25, 0.3) is 5.56 Å². The van der Waals surface area contributed by atoms with E-state index in [1.807, 2.05) is 18.2 Å². The van der Waals surface area contributed by atoms with Crippen LogP contribution in [0, 0.1) is 5.82 Å². The number of aromatic nitrogens is 2. The molecule has 6 nitrogen and oxygen atoms in total. The number of hydrogen-bond donors (Lipinski definition) is 2. The topological polar surface area (TPSA) is 98.0 Å². The van der Waals surface area contributed by atoms with Gasteiger partial charge in [0, 0.05) is 10.9 Å². The van der Waals surface area contributed by atoms with Crippen molar-refractivity contribution in [1.82, 2.24) is 9.78 Å². The SMILES string of the molecule is NS(=O)(=O)c1c(-c2ccc3c(c2)c(=O)[nH]n3Cc2ccc(F)cc2)ccc2ccccc12. The van der Waals surface area contributed by atoms with Gasteiger partial charge in [0.2, 0.25) is 10.0 Å². The van der Waals surface area contributed by atoms with E-state index >= 15 is 0 Å². The smallest absolute Gasteiger partial charge is 0.272 e. The monoisotopic (exact) mass is 447 g/mol. The number of nitrogens with one attached hydrogen (secondary N) is 1. The minimum absolute atomic E-state index is 0.0251. The fourth-order valence-corrected chi connectivity index (χ4v) is 5.02. The van der Waals surface area contributed by atoms with Gasteiger partial charge in [-0.15, -0.1) is 0 Å². The van der Waals surface area contributed by atoms with Crippen LogP contribution in [-0.2, 0) is 16.6 Å². The summed E-state index contributed by atoms with van der Waals surface area (Å²) in [4.78, 5) is 12.7. The average Bonchev–Trinajstić information content (AvgIpc) is 3.08. The lowest BCUT2D eigenvalue weighted by Crippen LogP contribution is -2.14. The van der Waals surface area contributed by atoms with Crippen LogP contribution in [0.25, 0.3) is 32.8 Å². The van der Waals surface area contributed by atoms with Crippen molar-refractivity contribution in [2.75, 3.05) is 0 Å². The Hall–Kier alpha value is -3.75. The van der Waals surface area contributed by atoms with Crippen molar-refractivity contribution in [2.45, 2.75) is 11.4 Å². The third-order valence-corrected chi connectivity index (χ3v) is 6.51. The first kappa shape index (κ1) is 20.2. The van der Waals surface area contributed by atoms with Crippen LogP contribution in [0.5, 0.6) is 0 Å². The number of sulfonamides is 1. The molecule has 8 heteroatoms. The molecule has 0 aliphatic rings. The van der Waals surface area contributed by atoms with Gasteiger partial charge in [0.1, 0.15) is 5.82 Å². The Balaban J connectivity index is 1.67. The maximum absolute atomic E-state index is 13.2. The quantitative estimate of drug-likeness (QED) is 0.436. The summed E-state index contributed by atoms with van der Waals surface area (Å²) in [7, 11) is -4.03. The van der Waals surface area contributed by atoms with Crippen molar-refractivity contribution in [3.63, 3.8) is 0 Å². The Morgan fingerprint density at radius 3 is 2.41 bits per heavy atom. The van der Waals surface area contributed by atoms with E-state index in [1.165, 1.54) is 12.1 Å². The van der Waals surface area contributed by atoms with Gasteiger partial charge in [-0.1, -0.05) is 54.6 Å². The highest BCUT2D eigenvalue weighted by molar-refractivity contribution is 7.89. The van der Waals surface area contributed by atoms with Crippen molar-refractivity contribution in [2.24, 2.45) is 5.14 Å². The zero-order valence-electron chi connectivity index (χ0n) is 16.7. The average molecular weight is 447 g/mol. The molecule has 0 unspecified atom stereocenters. The van der Waals surface area contributed by atoms with Gasteiger partial charge < -0.3 is 0 Å². The van der Waals surface area contributed by atoms with Gasteiger partial charge in [-0.05, 0) is 40.8 Å². The summed E-state index contributed by atoms with van der Waals surface area (Å²) in [6.07, 6.45) is 0. The largest absolute Gasteiger partial charge is 0.280 e. The van der Waals surface area contributed by atoms with Crippen LogP contribution in [0.15, 0.2) is 88.6 Å². The second-order valence-electron chi connectivity index (χ2n) is 7.59. The molecular weight excluding hydrogens is 429 g/mol. The summed E-state index contributed by atoms with van der Waals surface area (Å²) < 4.78 is 39.8. The number of benzene rings is 4. The molecular formula is C24H18FN3O3S. The van der Waals surface area contributed by atoms with E-state index in [1.54, 1.807) is 53.2 Å². The molecule has 0 atom stereocenters. The minimum atomic E-state index is -4.03.